The molecule has 2 aromatic rings. The highest BCUT2D eigenvalue weighted by molar-refractivity contribution is 5.86. The van der Waals surface area contributed by atoms with E-state index in [-0.39, 0.29) is 5.75 Å². The van der Waals surface area contributed by atoms with Gasteiger partial charge in [-0.15, -0.1) is 0 Å². The molecule has 0 saturated carbocycles. The number of ether oxygens (including phenoxy) is 2. The van der Waals surface area contributed by atoms with Crippen LogP contribution in [0.1, 0.15) is 18.1 Å². The van der Waals surface area contributed by atoms with Crippen LogP contribution in [0.3, 0.4) is 0 Å². The van der Waals surface area contributed by atoms with E-state index < -0.39 is 0 Å². The van der Waals surface area contributed by atoms with Crippen molar-refractivity contribution in [2.75, 3.05) is 14.2 Å². The third kappa shape index (κ3) is 2.62. The van der Waals surface area contributed by atoms with Crippen LogP contribution in [-0.4, -0.2) is 19.3 Å². The lowest BCUT2D eigenvalue weighted by Crippen LogP contribution is -1.96. The average Bonchev–Trinajstić information content (AvgIpc) is 2.50. The largest absolute Gasteiger partial charge is 0.507 e. The van der Waals surface area contributed by atoms with Gasteiger partial charge >= 0.3 is 0 Å². The Morgan fingerprint density at radius 2 is 1.75 bits per heavy atom. The van der Waals surface area contributed by atoms with Crippen molar-refractivity contribution in [3.05, 3.63) is 59.7 Å². The predicted molar refractivity (Wildman–Crippen MR) is 80.4 cm³/mol. The number of hydrogen-bond acceptors (Lipinski definition) is 3. The van der Waals surface area contributed by atoms with Crippen molar-refractivity contribution in [1.82, 2.24) is 0 Å². The molecule has 0 unspecified atom stereocenters. The number of benzene rings is 2. The van der Waals surface area contributed by atoms with Crippen LogP contribution in [0.5, 0.6) is 17.2 Å². The van der Waals surface area contributed by atoms with Gasteiger partial charge in [0.2, 0.25) is 0 Å². The summed E-state index contributed by atoms with van der Waals surface area (Å²) in [6.45, 7) is 1.94. The lowest BCUT2D eigenvalue weighted by atomic mass is 9.96. The first-order valence-electron chi connectivity index (χ1n) is 6.38. The van der Waals surface area contributed by atoms with Crippen LogP contribution in [0.15, 0.2) is 48.5 Å². The van der Waals surface area contributed by atoms with Gasteiger partial charge in [0.25, 0.3) is 0 Å². The fraction of sp³-hybridized carbons (Fsp3) is 0.176. The third-order valence-electron chi connectivity index (χ3n) is 3.15. The fourth-order valence-corrected chi connectivity index (χ4v) is 2.20. The molecule has 2 aromatic carbocycles. The third-order valence-corrected chi connectivity index (χ3v) is 3.15. The zero-order valence-corrected chi connectivity index (χ0v) is 11.9. The molecule has 2 rings (SSSR count). The monoisotopic (exact) mass is 270 g/mol. The van der Waals surface area contributed by atoms with Crippen LogP contribution in [0, 0.1) is 0 Å². The highest BCUT2D eigenvalue weighted by Gasteiger charge is 2.16. The summed E-state index contributed by atoms with van der Waals surface area (Å²) >= 11 is 0. The normalized spacial score (nSPS) is 11.2. The highest BCUT2D eigenvalue weighted by Crippen LogP contribution is 2.40. The molecule has 0 heterocycles. The maximum absolute atomic E-state index is 10.3. The quantitative estimate of drug-likeness (QED) is 0.916. The van der Waals surface area contributed by atoms with Crippen molar-refractivity contribution in [3.8, 4) is 17.2 Å². The van der Waals surface area contributed by atoms with Gasteiger partial charge in [0, 0.05) is 12.1 Å². The lowest BCUT2D eigenvalue weighted by molar-refractivity contribution is 0.383. The molecule has 1 N–H and O–H groups in total. The Kier molecular flexibility index (Phi) is 4.31. The van der Waals surface area contributed by atoms with Gasteiger partial charge in [-0.05, 0) is 18.1 Å². The van der Waals surface area contributed by atoms with Gasteiger partial charge in [-0.3, -0.25) is 0 Å². The van der Waals surface area contributed by atoms with E-state index in [2.05, 4.69) is 0 Å². The van der Waals surface area contributed by atoms with Gasteiger partial charge < -0.3 is 14.6 Å². The number of methoxy groups -OCH3 is 2. The molecule has 3 heteroatoms. The summed E-state index contributed by atoms with van der Waals surface area (Å²) in [5, 5.41) is 10.3. The van der Waals surface area contributed by atoms with E-state index >= 15 is 0 Å². The minimum atomic E-state index is 0.137. The topological polar surface area (TPSA) is 38.7 Å². The SMILES string of the molecule is C/C=C(/c1ccccc1)c1c(O)cc(OC)cc1OC. The molecule has 0 bridgehead atoms. The van der Waals surface area contributed by atoms with Crippen LogP contribution in [0.2, 0.25) is 0 Å². The zero-order valence-electron chi connectivity index (χ0n) is 11.9. The lowest BCUT2D eigenvalue weighted by Gasteiger charge is -2.15. The fourth-order valence-electron chi connectivity index (χ4n) is 2.20. The van der Waals surface area contributed by atoms with Crippen LogP contribution in [0.25, 0.3) is 5.57 Å². The van der Waals surface area contributed by atoms with Gasteiger partial charge in [0.05, 0.1) is 19.8 Å². The number of phenolic OH excluding ortho intramolecular Hbond substituents is 1. The van der Waals surface area contributed by atoms with Crippen molar-refractivity contribution < 1.29 is 14.6 Å². The van der Waals surface area contributed by atoms with Crippen LogP contribution in [0.4, 0.5) is 0 Å². The highest BCUT2D eigenvalue weighted by atomic mass is 16.5. The molecule has 0 aliphatic carbocycles. The maximum atomic E-state index is 10.3. The van der Waals surface area contributed by atoms with Gasteiger partial charge in [0.15, 0.2) is 0 Å². The Morgan fingerprint density at radius 1 is 1.05 bits per heavy atom. The molecule has 0 atom stereocenters. The van der Waals surface area contributed by atoms with Crippen molar-refractivity contribution in [2.45, 2.75) is 6.92 Å². The van der Waals surface area contributed by atoms with Crippen LogP contribution in [-0.2, 0) is 0 Å². The molecule has 0 spiro atoms. The summed E-state index contributed by atoms with van der Waals surface area (Å²) in [6.07, 6.45) is 1.96. The van der Waals surface area contributed by atoms with E-state index in [9.17, 15) is 5.11 Å². The number of phenols is 1. The molecule has 3 nitrogen and oxygen atoms in total. The van der Waals surface area contributed by atoms with Gasteiger partial charge in [-0.2, -0.15) is 0 Å². The summed E-state index contributed by atoms with van der Waals surface area (Å²) in [5.74, 6) is 1.28. The number of hydrogen-bond donors (Lipinski definition) is 1. The number of allylic oxidation sites excluding steroid dienone is 1. The number of aromatic hydroxyl groups is 1. The molecular weight excluding hydrogens is 252 g/mol. The Hall–Kier alpha value is -2.42. The van der Waals surface area contributed by atoms with Crippen molar-refractivity contribution in [2.24, 2.45) is 0 Å². The molecule has 0 radical (unpaired) electrons. The summed E-state index contributed by atoms with van der Waals surface area (Å²) in [7, 11) is 3.14. The molecule has 104 valence electrons. The Morgan fingerprint density at radius 3 is 2.30 bits per heavy atom. The molecule has 0 amide bonds. The predicted octanol–water partition coefficient (Wildman–Crippen LogP) is 3.86. The van der Waals surface area contributed by atoms with Crippen LogP contribution < -0.4 is 9.47 Å². The first-order chi connectivity index (χ1) is 9.71. The van der Waals surface area contributed by atoms with E-state index in [1.54, 1.807) is 26.4 Å². The Labute approximate surface area is 119 Å². The first kappa shape index (κ1) is 14.0. The minimum Gasteiger partial charge on any atom is -0.507 e. The van der Waals surface area contributed by atoms with Crippen molar-refractivity contribution >= 4 is 5.57 Å². The second kappa shape index (κ2) is 6.15. The summed E-state index contributed by atoms with van der Waals surface area (Å²) in [4.78, 5) is 0. The van der Waals surface area contributed by atoms with Crippen LogP contribution >= 0.6 is 0 Å². The second-order valence-corrected chi connectivity index (χ2v) is 4.29. The molecule has 20 heavy (non-hydrogen) atoms. The van der Waals surface area contributed by atoms with E-state index in [0.717, 1.165) is 11.1 Å². The second-order valence-electron chi connectivity index (χ2n) is 4.29. The van der Waals surface area contributed by atoms with Gasteiger partial charge in [-0.25, -0.2) is 0 Å². The molecule has 0 aromatic heterocycles. The number of rotatable bonds is 4. The maximum Gasteiger partial charge on any atom is 0.134 e. The van der Waals surface area contributed by atoms with E-state index in [1.165, 1.54) is 0 Å². The van der Waals surface area contributed by atoms with Gasteiger partial charge in [-0.1, -0.05) is 36.4 Å². The first-order valence-corrected chi connectivity index (χ1v) is 6.38. The summed E-state index contributed by atoms with van der Waals surface area (Å²) in [5.41, 5.74) is 2.61. The summed E-state index contributed by atoms with van der Waals surface area (Å²) in [6, 6.07) is 13.2. The Bertz CT molecular complexity index is 616. The standard InChI is InChI=1S/C17H18O3/c1-4-14(12-8-6-5-7-9-12)17-15(18)10-13(19-2)11-16(17)20-3/h4-11,18H,1-3H3/b14-4-. The van der Waals surface area contributed by atoms with E-state index in [0.29, 0.717) is 17.1 Å². The molecule has 0 aliphatic heterocycles. The zero-order chi connectivity index (χ0) is 14.5. The molecule has 0 aliphatic rings. The molecule has 0 fully saturated rings. The molecule has 0 saturated heterocycles. The average molecular weight is 270 g/mol. The van der Waals surface area contributed by atoms with Crippen molar-refractivity contribution in [3.63, 3.8) is 0 Å². The summed E-state index contributed by atoms with van der Waals surface area (Å²) < 4.78 is 10.5. The van der Waals surface area contributed by atoms with Crippen molar-refractivity contribution in [1.29, 1.82) is 0 Å². The van der Waals surface area contributed by atoms with E-state index in [1.807, 2.05) is 43.3 Å². The Balaban J connectivity index is 2.61. The minimum absolute atomic E-state index is 0.137. The smallest absolute Gasteiger partial charge is 0.134 e. The van der Waals surface area contributed by atoms with Gasteiger partial charge in [0.1, 0.15) is 17.2 Å². The van der Waals surface area contributed by atoms with E-state index in [4.69, 9.17) is 9.47 Å². The molecular formula is C17H18O3.